The molecule has 1 aromatic carbocycles. The Morgan fingerprint density at radius 3 is 2.74 bits per heavy atom. The number of nitrogens with zero attached hydrogens (tertiary/aromatic N) is 3. The lowest BCUT2D eigenvalue weighted by Crippen LogP contribution is -2.46. The van der Waals surface area contributed by atoms with Crippen LogP contribution in [0.4, 0.5) is 5.69 Å². The first-order chi connectivity index (χ1) is 14.8. The number of amides is 3. The highest BCUT2D eigenvalue weighted by Crippen LogP contribution is 2.35. The number of fused-ring (bicyclic) bond motifs is 1. The number of nitrogens with two attached hydrogens (primary N) is 1. The van der Waals surface area contributed by atoms with Gasteiger partial charge in [0.05, 0.1) is 35.2 Å². The van der Waals surface area contributed by atoms with E-state index >= 15 is 0 Å². The number of hydrogen-bond donors (Lipinski definition) is 3. The molecular formula is C22H24N6O3. The fourth-order valence-corrected chi connectivity index (χ4v) is 4.14. The maximum atomic E-state index is 13.1. The molecule has 9 heteroatoms. The predicted octanol–water partition coefficient (Wildman–Crippen LogP) is 2.30. The average molecular weight is 420 g/mol. The molecule has 1 saturated heterocycles. The van der Waals surface area contributed by atoms with Crippen LogP contribution in [0.25, 0.3) is 10.9 Å². The van der Waals surface area contributed by atoms with E-state index in [0.717, 1.165) is 34.9 Å². The van der Waals surface area contributed by atoms with Gasteiger partial charge in [0, 0.05) is 18.1 Å². The third kappa shape index (κ3) is 4.11. The first-order valence-electron chi connectivity index (χ1n) is 10.1. The van der Waals surface area contributed by atoms with Crippen molar-refractivity contribution in [3.63, 3.8) is 0 Å². The third-order valence-electron chi connectivity index (χ3n) is 5.71. The van der Waals surface area contributed by atoms with Crippen molar-refractivity contribution >= 4 is 34.3 Å². The zero-order chi connectivity index (χ0) is 22.1. The lowest BCUT2D eigenvalue weighted by atomic mass is 9.88. The standard InChI is InChI=1S/C22H24N6O3/c1-12-3-4-18(14-5-13(2)19-15(6-14)9-25-27-19)28(11-12)22(31)21(30)26-17-7-16(20(23)29)8-24-10-17/h5-10,12,18H,3-4,11H2,1-2H3,(H2,23,29)(H,25,27)(H,26,30)/t12-,18?/m1/s1. The van der Waals surface area contributed by atoms with E-state index in [-0.39, 0.29) is 23.2 Å². The van der Waals surface area contributed by atoms with Gasteiger partial charge in [-0.1, -0.05) is 13.0 Å². The van der Waals surface area contributed by atoms with E-state index in [9.17, 15) is 14.4 Å². The van der Waals surface area contributed by atoms with Crippen molar-refractivity contribution in [2.45, 2.75) is 32.7 Å². The highest BCUT2D eigenvalue weighted by Gasteiger charge is 2.34. The first-order valence-corrected chi connectivity index (χ1v) is 10.1. The van der Waals surface area contributed by atoms with Crippen molar-refractivity contribution in [1.29, 1.82) is 0 Å². The van der Waals surface area contributed by atoms with Crippen LogP contribution in [0, 0.1) is 12.8 Å². The summed E-state index contributed by atoms with van der Waals surface area (Å²) in [5.74, 6) is -1.77. The molecule has 1 aliphatic heterocycles. The van der Waals surface area contributed by atoms with E-state index in [0.29, 0.717) is 6.54 Å². The number of carbonyl (C=O) groups excluding carboxylic acids is 3. The van der Waals surface area contributed by atoms with Gasteiger partial charge < -0.3 is 16.0 Å². The van der Waals surface area contributed by atoms with Crippen molar-refractivity contribution in [2.24, 2.45) is 11.7 Å². The molecule has 160 valence electrons. The molecule has 2 aromatic heterocycles. The van der Waals surface area contributed by atoms with Crippen LogP contribution in [-0.4, -0.2) is 44.3 Å². The Bertz CT molecular complexity index is 1170. The van der Waals surface area contributed by atoms with Gasteiger partial charge >= 0.3 is 11.8 Å². The zero-order valence-electron chi connectivity index (χ0n) is 17.4. The molecule has 3 heterocycles. The SMILES string of the molecule is Cc1cc(C2CC[C@@H](C)CN2C(=O)C(=O)Nc2cncc(C(N)=O)c2)cc2cn[nH]c12. The lowest BCUT2D eigenvalue weighted by molar-refractivity contribution is -0.146. The second kappa shape index (κ2) is 8.17. The summed E-state index contributed by atoms with van der Waals surface area (Å²) in [6, 6.07) is 5.25. The molecule has 0 spiro atoms. The van der Waals surface area contributed by atoms with E-state index in [1.54, 1.807) is 11.1 Å². The topological polar surface area (TPSA) is 134 Å². The highest BCUT2D eigenvalue weighted by molar-refractivity contribution is 6.39. The monoisotopic (exact) mass is 420 g/mol. The minimum absolute atomic E-state index is 0.151. The molecule has 4 N–H and O–H groups in total. The van der Waals surface area contributed by atoms with Crippen LogP contribution in [0.5, 0.6) is 0 Å². The van der Waals surface area contributed by atoms with Gasteiger partial charge in [0.25, 0.3) is 0 Å². The Kier molecular flexibility index (Phi) is 5.41. The number of piperidine rings is 1. The van der Waals surface area contributed by atoms with Crippen molar-refractivity contribution < 1.29 is 14.4 Å². The molecule has 2 atom stereocenters. The summed E-state index contributed by atoms with van der Waals surface area (Å²) in [5, 5.41) is 10.6. The smallest absolute Gasteiger partial charge is 0.313 e. The Hall–Kier alpha value is -3.75. The van der Waals surface area contributed by atoms with E-state index < -0.39 is 17.7 Å². The summed E-state index contributed by atoms with van der Waals surface area (Å²) in [6.45, 7) is 4.55. The average Bonchev–Trinajstić information content (AvgIpc) is 3.22. The summed E-state index contributed by atoms with van der Waals surface area (Å²) in [7, 11) is 0. The number of aromatic nitrogens is 3. The number of rotatable bonds is 3. The maximum absolute atomic E-state index is 13.1. The number of benzene rings is 1. The Labute approximate surface area is 179 Å². The van der Waals surface area contributed by atoms with E-state index in [4.69, 9.17) is 5.73 Å². The van der Waals surface area contributed by atoms with Gasteiger partial charge in [-0.15, -0.1) is 0 Å². The fraction of sp³-hybridized carbons (Fsp3) is 0.318. The summed E-state index contributed by atoms with van der Waals surface area (Å²) < 4.78 is 0. The number of anilines is 1. The second-order valence-corrected chi connectivity index (χ2v) is 8.11. The number of pyridine rings is 1. The van der Waals surface area contributed by atoms with Crippen LogP contribution in [0.2, 0.25) is 0 Å². The van der Waals surface area contributed by atoms with Crippen molar-refractivity contribution in [3.8, 4) is 0 Å². The molecule has 0 saturated carbocycles. The molecule has 1 unspecified atom stereocenters. The third-order valence-corrected chi connectivity index (χ3v) is 5.71. The molecule has 0 bridgehead atoms. The first kappa shape index (κ1) is 20.5. The van der Waals surface area contributed by atoms with Crippen LogP contribution in [0.1, 0.15) is 47.3 Å². The molecule has 9 nitrogen and oxygen atoms in total. The molecule has 31 heavy (non-hydrogen) atoms. The molecule has 0 radical (unpaired) electrons. The van der Waals surface area contributed by atoms with Crippen LogP contribution in [0.3, 0.4) is 0 Å². The number of primary amides is 1. The maximum Gasteiger partial charge on any atom is 0.313 e. The number of hydrogen-bond acceptors (Lipinski definition) is 5. The summed E-state index contributed by atoms with van der Waals surface area (Å²) in [4.78, 5) is 42.8. The number of H-pyrrole nitrogens is 1. The number of aromatic amines is 1. The number of likely N-dealkylation sites (tertiary alicyclic amines) is 1. The van der Waals surface area contributed by atoms with Gasteiger partial charge in [0.15, 0.2) is 0 Å². The van der Waals surface area contributed by atoms with Crippen molar-refractivity contribution in [3.05, 3.63) is 53.5 Å². The number of carbonyl (C=O) groups is 3. The largest absolute Gasteiger partial charge is 0.366 e. The molecule has 0 aliphatic carbocycles. The molecule has 1 fully saturated rings. The second-order valence-electron chi connectivity index (χ2n) is 8.11. The summed E-state index contributed by atoms with van der Waals surface area (Å²) in [5.41, 5.74) is 8.64. The molecule has 3 amide bonds. The molecule has 4 rings (SSSR count). The summed E-state index contributed by atoms with van der Waals surface area (Å²) >= 11 is 0. The van der Waals surface area contributed by atoms with Gasteiger partial charge in [-0.25, -0.2) is 0 Å². The minimum atomic E-state index is -0.774. The zero-order valence-corrected chi connectivity index (χ0v) is 17.4. The van der Waals surface area contributed by atoms with Crippen LogP contribution >= 0.6 is 0 Å². The highest BCUT2D eigenvalue weighted by atomic mass is 16.2. The van der Waals surface area contributed by atoms with Crippen LogP contribution in [-0.2, 0) is 9.59 Å². The minimum Gasteiger partial charge on any atom is -0.366 e. The molecule has 1 aliphatic rings. The van der Waals surface area contributed by atoms with Gasteiger partial charge in [-0.05, 0) is 48.9 Å². The molecular weight excluding hydrogens is 396 g/mol. The van der Waals surface area contributed by atoms with Gasteiger partial charge in [0.1, 0.15) is 0 Å². The van der Waals surface area contributed by atoms with Gasteiger partial charge in [0.2, 0.25) is 5.91 Å². The predicted molar refractivity (Wildman–Crippen MR) is 115 cm³/mol. The Morgan fingerprint density at radius 2 is 1.97 bits per heavy atom. The fourth-order valence-electron chi connectivity index (χ4n) is 4.14. The summed E-state index contributed by atoms with van der Waals surface area (Å²) in [6.07, 6.45) is 6.15. The van der Waals surface area contributed by atoms with E-state index in [1.165, 1.54) is 18.5 Å². The van der Waals surface area contributed by atoms with Crippen molar-refractivity contribution in [2.75, 3.05) is 11.9 Å². The normalized spacial score (nSPS) is 18.7. The number of aryl methyl sites for hydroxylation is 1. The van der Waals surface area contributed by atoms with Crippen LogP contribution < -0.4 is 11.1 Å². The van der Waals surface area contributed by atoms with E-state index in [2.05, 4.69) is 27.4 Å². The molecule has 3 aromatic rings. The lowest BCUT2D eigenvalue weighted by Gasteiger charge is -2.38. The van der Waals surface area contributed by atoms with Gasteiger partial charge in [-0.3, -0.25) is 24.5 Å². The Morgan fingerprint density at radius 1 is 1.16 bits per heavy atom. The van der Waals surface area contributed by atoms with E-state index in [1.807, 2.05) is 19.1 Å². The number of nitrogens with one attached hydrogen (secondary N) is 2. The quantitative estimate of drug-likeness (QED) is 0.559. The van der Waals surface area contributed by atoms with Crippen LogP contribution in [0.15, 0.2) is 36.8 Å². The Balaban J connectivity index is 1.59. The van der Waals surface area contributed by atoms with Gasteiger partial charge in [-0.2, -0.15) is 5.10 Å². The van der Waals surface area contributed by atoms with Crippen molar-refractivity contribution in [1.82, 2.24) is 20.1 Å².